The fourth-order valence-electron chi connectivity index (χ4n) is 1.81. The first-order chi connectivity index (χ1) is 11.6. The molecule has 1 N–H and O–H groups in total. The largest absolute Gasteiger partial charge is 0.493 e. The first kappa shape index (κ1) is 20.3. The molecule has 25 heavy (non-hydrogen) atoms. The van der Waals surface area contributed by atoms with Gasteiger partial charge < -0.3 is 18.9 Å². The summed E-state index contributed by atoms with van der Waals surface area (Å²) in [5.74, 6) is -1.08. The first-order valence-electron chi connectivity index (χ1n) is 7.32. The van der Waals surface area contributed by atoms with Crippen LogP contribution in [0.3, 0.4) is 0 Å². The minimum absolute atomic E-state index is 0.00545. The van der Waals surface area contributed by atoms with E-state index in [0.29, 0.717) is 0 Å². The van der Waals surface area contributed by atoms with Crippen LogP contribution in [0.15, 0.2) is 17.8 Å². The van der Waals surface area contributed by atoms with Crippen LogP contribution in [0.5, 0.6) is 11.5 Å². The maximum atomic E-state index is 14.2. The van der Waals surface area contributed by atoms with Crippen LogP contribution < -0.4 is 14.8 Å². The number of amides is 1. The van der Waals surface area contributed by atoms with Gasteiger partial charge in [0.15, 0.2) is 11.5 Å². The molecule has 1 aromatic rings. The Hall–Kier alpha value is -2.77. The Morgan fingerprint density at radius 2 is 1.64 bits per heavy atom. The molecule has 1 amide bonds. The summed E-state index contributed by atoms with van der Waals surface area (Å²) in [6, 6.07) is 2.43. The molecule has 0 aliphatic rings. The Bertz CT molecular complexity index is 678. The van der Waals surface area contributed by atoms with Crippen LogP contribution in [-0.4, -0.2) is 39.0 Å². The summed E-state index contributed by atoms with van der Waals surface area (Å²) < 4.78 is 34.0. The van der Waals surface area contributed by atoms with Crippen LogP contribution in [0.25, 0.3) is 6.08 Å². The Morgan fingerprint density at radius 3 is 2.12 bits per heavy atom. The lowest BCUT2D eigenvalue weighted by Crippen LogP contribution is -2.34. The normalized spacial score (nSPS) is 11.6. The third-order valence-electron chi connectivity index (χ3n) is 2.84. The summed E-state index contributed by atoms with van der Waals surface area (Å²) in [5, 5.41) is 2.25. The molecule has 0 bridgehead atoms. The van der Waals surface area contributed by atoms with Crippen LogP contribution >= 0.6 is 0 Å². The van der Waals surface area contributed by atoms with E-state index in [1.165, 1.54) is 20.3 Å². The number of alkyl carbamates (subject to hydrolysis) is 1. The zero-order valence-corrected chi connectivity index (χ0v) is 15.1. The molecule has 0 spiro atoms. The second-order valence-corrected chi connectivity index (χ2v) is 5.91. The highest BCUT2D eigenvalue weighted by Gasteiger charge is 2.21. The predicted molar refractivity (Wildman–Crippen MR) is 88.9 cm³/mol. The van der Waals surface area contributed by atoms with E-state index >= 15 is 0 Å². The van der Waals surface area contributed by atoms with Crippen molar-refractivity contribution in [3.63, 3.8) is 0 Å². The summed E-state index contributed by atoms with van der Waals surface area (Å²) >= 11 is 0. The molecular weight excluding hydrogens is 333 g/mol. The van der Waals surface area contributed by atoms with E-state index in [2.05, 4.69) is 10.1 Å². The number of methoxy groups -OCH3 is 3. The van der Waals surface area contributed by atoms with E-state index in [1.54, 1.807) is 20.8 Å². The van der Waals surface area contributed by atoms with Crippen molar-refractivity contribution in [2.24, 2.45) is 0 Å². The van der Waals surface area contributed by atoms with Gasteiger partial charge in [-0.2, -0.15) is 0 Å². The number of carbonyl (C=O) groups is 2. The predicted octanol–water partition coefficient (Wildman–Crippen LogP) is 2.88. The number of hydrogen-bond donors (Lipinski definition) is 1. The molecule has 7 nitrogen and oxygen atoms in total. The number of ether oxygens (including phenoxy) is 4. The molecule has 0 aliphatic carbocycles. The van der Waals surface area contributed by atoms with Gasteiger partial charge in [0.2, 0.25) is 0 Å². The summed E-state index contributed by atoms with van der Waals surface area (Å²) in [6.45, 7) is 5.01. The highest BCUT2D eigenvalue weighted by atomic mass is 19.1. The average molecular weight is 355 g/mol. The summed E-state index contributed by atoms with van der Waals surface area (Å²) in [7, 11) is 3.90. The van der Waals surface area contributed by atoms with Gasteiger partial charge in [0.05, 0.1) is 21.3 Å². The van der Waals surface area contributed by atoms with Gasteiger partial charge in [-0.3, -0.25) is 5.32 Å². The number of esters is 1. The molecule has 0 saturated carbocycles. The van der Waals surface area contributed by atoms with Crippen LogP contribution in [-0.2, 0) is 14.3 Å². The molecule has 0 fully saturated rings. The second-order valence-electron chi connectivity index (χ2n) is 5.91. The van der Waals surface area contributed by atoms with Crippen LogP contribution in [0.1, 0.15) is 26.3 Å². The Morgan fingerprint density at radius 1 is 1.08 bits per heavy atom. The number of benzene rings is 1. The quantitative estimate of drug-likeness (QED) is 0.646. The van der Waals surface area contributed by atoms with Crippen molar-refractivity contribution in [2.45, 2.75) is 26.4 Å². The molecule has 138 valence electrons. The van der Waals surface area contributed by atoms with Crippen LogP contribution in [0, 0.1) is 5.82 Å². The molecule has 0 atom stereocenters. The summed E-state index contributed by atoms with van der Waals surface area (Å²) in [6.07, 6.45) is 0.248. The lowest BCUT2D eigenvalue weighted by molar-refractivity contribution is -0.136. The Labute approximate surface area is 145 Å². The zero-order valence-electron chi connectivity index (χ0n) is 15.1. The van der Waals surface area contributed by atoms with Gasteiger partial charge in [0, 0.05) is 11.6 Å². The van der Waals surface area contributed by atoms with E-state index in [9.17, 15) is 14.0 Å². The van der Waals surface area contributed by atoms with Crippen molar-refractivity contribution in [3.8, 4) is 11.5 Å². The molecular formula is C17H22FNO6. The van der Waals surface area contributed by atoms with E-state index in [-0.39, 0.29) is 22.8 Å². The number of rotatable bonds is 5. The number of carbonyl (C=O) groups excluding carboxylic acids is 2. The van der Waals surface area contributed by atoms with Crippen molar-refractivity contribution in [2.75, 3.05) is 21.3 Å². The van der Waals surface area contributed by atoms with E-state index in [0.717, 1.165) is 19.3 Å². The highest BCUT2D eigenvalue weighted by Crippen LogP contribution is 2.30. The third kappa shape index (κ3) is 5.98. The number of hydrogen-bond acceptors (Lipinski definition) is 6. The van der Waals surface area contributed by atoms with Crippen molar-refractivity contribution < 1.29 is 32.9 Å². The molecule has 1 rings (SSSR count). The van der Waals surface area contributed by atoms with Gasteiger partial charge in [-0.15, -0.1) is 0 Å². The molecule has 0 saturated heterocycles. The minimum atomic E-state index is -0.870. The van der Waals surface area contributed by atoms with Crippen LogP contribution in [0.4, 0.5) is 9.18 Å². The maximum absolute atomic E-state index is 14.2. The fourth-order valence-corrected chi connectivity index (χ4v) is 1.81. The van der Waals surface area contributed by atoms with Gasteiger partial charge in [-0.05, 0) is 32.9 Å². The van der Waals surface area contributed by atoms with Crippen molar-refractivity contribution in [1.29, 1.82) is 0 Å². The molecule has 0 heterocycles. The molecule has 0 radical (unpaired) electrons. The second kappa shape index (κ2) is 8.36. The van der Waals surface area contributed by atoms with E-state index < -0.39 is 23.5 Å². The lowest BCUT2D eigenvalue weighted by atomic mass is 10.1. The standard InChI is InChI=1S/C17H22FNO6/c1-17(2,3)25-16(21)19-12(15(20)24-6)7-10-8-13(22-4)14(23-5)9-11(10)18/h7-9H,1-6H3,(H,19,21). The molecule has 0 aromatic heterocycles. The smallest absolute Gasteiger partial charge is 0.412 e. The molecule has 0 aliphatic heterocycles. The van der Waals surface area contributed by atoms with Gasteiger partial charge in [-0.25, -0.2) is 14.0 Å². The monoisotopic (exact) mass is 355 g/mol. The summed E-state index contributed by atoms with van der Waals surface area (Å²) in [5.41, 5.74) is -1.06. The third-order valence-corrected chi connectivity index (χ3v) is 2.84. The maximum Gasteiger partial charge on any atom is 0.412 e. The molecule has 8 heteroatoms. The first-order valence-corrected chi connectivity index (χ1v) is 7.32. The van der Waals surface area contributed by atoms with E-state index in [4.69, 9.17) is 14.2 Å². The minimum Gasteiger partial charge on any atom is -0.493 e. The fraction of sp³-hybridized carbons (Fsp3) is 0.412. The van der Waals surface area contributed by atoms with Crippen molar-refractivity contribution in [1.82, 2.24) is 5.32 Å². The van der Waals surface area contributed by atoms with E-state index in [1.807, 2.05) is 0 Å². The average Bonchev–Trinajstić information content (AvgIpc) is 2.52. The van der Waals surface area contributed by atoms with Crippen LogP contribution in [0.2, 0.25) is 0 Å². The number of halogens is 1. The van der Waals surface area contributed by atoms with Gasteiger partial charge in [0.1, 0.15) is 17.1 Å². The van der Waals surface area contributed by atoms with Gasteiger partial charge in [0.25, 0.3) is 0 Å². The van der Waals surface area contributed by atoms with Gasteiger partial charge >= 0.3 is 12.1 Å². The van der Waals surface area contributed by atoms with Gasteiger partial charge in [-0.1, -0.05) is 0 Å². The van der Waals surface area contributed by atoms with Crippen molar-refractivity contribution >= 4 is 18.1 Å². The topological polar surface area (TPSA) is 83.1 Å². The zero-order chi connectivity index (χ0) is 19.2. The Balaban J connectivity index is 3.23. The van der Waals surface area contributed by atoms with Crippen molar-refractivity contribution in [3.05, 3.63) is 29.2 Å². The summed E-state index contributed by atoms with van der Waals surface area (Å²) in [4.78, 5) is 23.7. The Kier molecular flexibility index (Phi) is 6.78. The SMILES string of the molecule is COC(=O)C(=Cc1cc(OC)c(OC)cc1F)NC(=O)OC(C)(C)C. The lowest BCUT2D eigenvalue weighted by Gasteiger charge is -2.20. The highest BCUT2D eigenvalue weighted by molar-refractivity contribution is 5.96. The molecule has 1 aromatic carbocycles. The molecule has 0 unspecified atom stereocenters. The number of nitrogens with one attached hydrogen (secondary N) is 1.